The highest BCUT2D eigenvalue weighted by atomic mass is 32.1. The van der Waals surface area contributed by atoms with Gasteiger partial charge in [-0.15, -0.1) is 11.3 Å². The first kappa shape index (κ1) is 12.1. The molecule has 1 heterocycles. The normalized spacial score (nSPS) is 19.8. The van der Waals surface area contributed by atoms with Crippen molar-refractivity contribution in [2.24, 2.45) is 5.41 Å². The minimum Gasteiger partial charge on any atom is -0.309 e. The van der Waals surface area contributed by atoms with Gasteiger partial charge in [0.2, 0.25) is 0 Å². The molecule has 1 aliphatic rings. The van der Waals surface area contributed by atoms with Crippen LogP contribution in [0.1, 0.15) is 54.7 Å². The predicted octanol–water partition coefficient (Wildman–Crippen LogP) is 3.60. The van der Waals surface area contributed by atoms with Gasteiger partial charge in [-0.2, -0.15) is 0 Å². The largest absolute Gasteiger partial charge is 0.309 e. The van der Waals surface area contributed by atoms with Gasteiger partial charge in [-0.3, -0.25) is 0 Å². The summed E-state index contributed by atoms with van der Waals surface area (Å²) in [5.74, 6) is 0. The van der Waals surface area contributed by atoms with Gasteiger partial charge < -0.3 is 5.32 Å². The number of hydrogen-bond donors (Lipinski definition) is 1. The lowest BCUT2D eigenvalue weighted by atomic mass is 10.0. The predicted molar refractivity (Wildman–Crippen MR) is 70.0 cm³/mol. The van der Waals surface area contributed by atoms with Gasteiger partial charge in [0.25, 0.3) is 0 Å². The van der Waals surface area contributed by atoms with E-state index in [2.05, 4.69) is 38.0 Å². The third-order valence-corrected chi connectivity index (χ3v) is 5.08. The van der Waals surface area contributed by atoms with Crippen molar-refractivity contribution in [2.75, 3.05) is 6.54 Å². The maximum Gasteiger partial charge on any atom is 0.0900 e. The summed E-state index contributed by atoms with van der Waals surface area (Å²) in [4.78, 5) is 5.90. The summed E-state index contributed by atoms with van der Waals surface area (Å²) in [5, 5.41) is 4.86. The second-order valence-corrected chi connectivity index (χ2v) is 6.37. The lowest BCUT2D eigenvalue weighted by Gasteiger charge is -2.18. The van der Waals surface area contributed by atoms with Crippen molar-refractivity contribution >= 4 is 11.3 Å². The third-order valence-electron chi connectivity index (χ3n) is 3.82. The molecule has 0 bridgehead atoms. The zero-order chi connectivity index (χ0) is 11.8. The summed E-state index contributed by atoms with van der Waals surface area (Å²) in [5.41, 5.74) is 1.82. The van der Waals surface area contributed by atoms with Crippen LogP contribution < -0.4 is 5.32 Å². The monoisotopic (exact) mass is 238 g/mol. The summed E-state index contributed by atoms with van der Waals surface area (Å²) in [6, 6.07) is 0.454. The van der Waals surface area contributed by atoms with E-state index in [1.165, 1.54) is 41.4 Å². The van der Waals surface area contributed by atoms with Gasteiger partial charge in [-0.05, 0) is 45.4 Å². The van der Waals surface area contributed by atoms with Gasteiger partial charge >= 0.3 is 0 Å². The molecule has 0 aliphatic heterocycles. The minimum atomic E-state index is 0.454. The van der Waals surface area contributed by atoms with Crippen molar-refractivity contribution in [1.29, 1.82) is 0 Å². The Morgan fingerprint density at radius 2 is 2.12 bits per heavy atom. The third kappa shape index (κ3) is 2.46. The van der Waals surface area contributed by atoms with E-state index in [1.54, 1.807) is 0 Å². The molecule has 0 aromatic carbocycles. The molecule has 1 aliphatic carbocycles. The Labute approximate surface area is 102 Å². The van der Waals surface area contributed by atoms with E-state index in [4.69, 9.17) is 0 Å². The summed E-state index contributed by atoms with van der Waals surface area (Å²) < 4.78 is 0. The van der Waals surface area contributed by atoms with E-state index in [1.807, 2.05) is 11.3 Å². The molecule has 2 rings (SSSR count). The maximum absolute atomic E-state index is 4.49. The van der Waals surface area contributed by atoms with E-state index < -0.39 is 0 Å². The second kappa shape index (κ2) is 4.46. The Balaban J connectivity index is 1.93. The van der Waals surface area contributed by atoms with E-state index in [9.17, 15) is 0 Å². The Bertz CT molecular complexity index is 366. The Hall–Kier alpha value is -0.410. The van der Waals surface area contributed by atoms with E-state index >= 15 is 0 Å². The molecule has 0 saturated heterocycles. The van der Waals surface area contributed by atoms with Crippen molar-refractivity contribution in [1.82, 2.24) is 10.3 Å². The molecular weight excluding hydrogens is 216 g/mol. The van der Waals surface area contributed by atoms with Crippen LogP contribution in [0.25, 0.3) is 0 Å². The molecule has 2 nitrogen and oxygen atoms in total. The average molecular weight is 238 g/mol. The SMILES string of the molecule is CCC1(CNC(C)c2sc(C)nc2C)CC1. The topological polar surface area (TPSA) is 24.9 Å². The van der Waals surface area contributed by atoms with Gasteiger partial charge in [-0.25, -0.2) is 4.98 Å². The first-order valence-corrected chi connectivity index (χ1v) is 7.05. The molecule has 1 unspecified atom stereocenters. The lowest BCUT2D eigenvalue weighted by molar-refractivity contribution is 0.416. The van der Waals surface area contributed by atoms with Crippen LogP contribution in [0, 0.1) is 19.3 Å². The zero-order valence-corrected chi connectivity index (χ0v) is 11.6. The van der Waals surface area contributed by atoms with Gasteiger partial charge in [0.05, 0.1) is 10.7 Å². The first-order valence-electron chi connectivity index (χ1n) is 6.24. The van der Waals surface area contributed by atoms with Crippen LogP contribution >= 0.6 is 11.3 Å². The quantitative estimate of drug-likeness (QED) is 0.848. The smallest absolute Gasteiger partial charge is 0.0900 e. The summed E-state index contributed by atoms with van der Waals surface area (Å²) in [6.45, 7) is 9.93. The van der Waals surface area contributed by atoms with Gasteiger partial charge in [-0.1, -0.05) is 6.92 Å². The standard InChI is InChI=1S/C13H22N2S/c1-5-13(6-7-13)8-14-9(2)12-10(3)15-11(4)16-12/h9,14H,5-8H2,1-4H3. The van der Waals surface area contributed by atoms with Crippen LogP contribution in [-0.2, 0) is 0 Å². The zero-order valence-electron chi connectivity index (χ0n) is 10.8. The first-order chi connectivity index (χ1) is 7.56. The number of aromatic nitrogens is 1. The molecule has 0 spiro atoms. The van der Waals surface area contributed by atoms with Crippen molar-refractivity contribution in [3.63, 3.8) is 0 Å². The van der Waals surface area contributed by atoms with E-state index in [0.29, 0.717) is 11.5 Å². The molecular formula is C13H22N2S. The molecule has 1 fully saturated rings. The van der Waals surface area contributed by atoms with E-state index in [-0.39, 0.29) is 0 Å². The molecule has 16 heavy (non-hydrogen) atoms. The van der Waals surface area contributed by atoms with E-state index in [0.717, 1.165) is 0 Å². The van der Waals surface area contributed by atoms with Crippen molar-refractivity contribution in [3.8, 4) is 0 Å². The molecule has 1 N–H and O–H groups in total. The number of aryl methyl sites for hydroxylation is 2. The summed E-state index contributed by atoms with van der Waals surface area (Å²) in [7, 11) is 0. The fourth-order valence-electron chi connectivity index (χ4n) is 2.24. The average Bonchev–Trinajstić information content (AvgIpc) is 2.96. The highest BCUT2D eigenvalue weighted by Crippen LogP contribution is 2.48. The Kier molecular flexibility index (Phi) is 3.36. The van der Waals surface area contributed by atoms with Crippen LogP contribution in [0.15, 0.2) is 0 Å². The lowest BCUT2D eigenvalue weighted by Crippen LogP contribution is -2.26. The molecule has 1 atom stereocenters. The maximum atomic E-state index is 4.49. The minimum absolute atomic E-state index is 0.454. The summed E-state index contributed by atoms with van der Waals surface area (Å²) >= 11 is 1.83. The van der Waals surface area contributed by atoms with Gasteiger partial charge in [0, 0.05) is 17.5 Å². The molecule has 3 heteroatoms. The molecule has 90 valence electrons. The van der Waals surface area contributed by atoms with Crippen molar-refractivity contribution < 1.29 is 0 Å². The highest BCUT2D eigenvalue weighted by Gasteiger charge is 2.40. The fourth-order valence-corrected chi connectivity index (χ4v) is 3.20. The van der Waals surface area contributed by atoms with Crippen molar-refractivity contribution in [3.05, 3.63) is 15.6 Å². The number of thiazole rings is 1. The van der Waals surface area contributed by atoms with Crippen LogP contribution in [0.2, 0.25) is 0 Å². The molecule has 0 radical (unpaired) electrons. The molecule has 0 amide bonds. The van der Waals surface area contributed by atoms with Crippen LogP contribution in [0.3, 0.4) is 0 Å². The molecule has 1 saturated carbocycles. The van der Waals surface area contributed by atoms with Crippen LogP contribution in [0.4, 0.5) is 0 Å². The van der Waals surface area contributed by atoms with Gasteiger partial charge in [0.1, 0.15) is 0 Å². The Morgan fingerprint density at radius 1 is 1.44 bits per heavy atom. The number of hydrogen-bond acceptors (Lipinski definition) is 3. The van der Waals surface area contributed by atoms with Crippen LogP contribution in [0.5, 0.6) is 0 Å². The number of nitrogens with one attached hydrogen (secondary N) is 1. The number of nitrogens with zero attached hydrogens (tertiary/aromatic N) is 1. The van der Waals surface area contributed by atoms with Crippen molar-refractivity contribution in [2.45, 2.75) is 53.0 Å². The fraction of sp³-hybridized carbons (Fsp3) is 0.769. The molecule has 1 aromatic heterocycles. The van der Waals surface area contributed by atoms with Gasteiger partial charge in [0.15, 0.2) is 0 Å². The Morgan fingerprint density at radius 3 is 2.56 bits per heavy atom. The summed E-state index contributed by atoms with van der Waals surface area (Å²) in [6.07, 6.45) is 4.13. The number of rotatable bonds is 5. The highest BCUT2D eigenvalue weighted by molar-refractivity contribution is 7.11. The molecule has 1 aromatic rings. The second-order valence-electron chi connectivity index (χ2n) is 5.14. The van der Waals surface area contributed by atoms with Crippen LogP contribution in [-0.4, -0.2) is 11.5 Å².